The third kappa shape index (κ3) is 3.96. The molecule has 1 saturated heterocycles. The van der Waals surface area contributed by atoms with Gasteiger partial charge in [0.1, 0.15) is 22.4 Å². The lowest BCUT2D eigenvalue weighted by Crippen LogP contribution is -2.46. The van der Waals surface area contributed by atoms with Crippen molar-refractivity contribution in [2.75, 3.05) is 12.3 Å². The van der Waals surface area contributed by atoms with E-state index in [2.05, 4.69) is 24.0 Å². The molecule has 2 heterocycles. The van der Waals surface area contributed by atoms with Gasteiger partial charge in [0.15, 0.2) is 0 Å². The molecular formula is C24H31N3O4S2. The number of fused-ring (bicyclic) bond motifs is 2. The number of Topliss-reactive ketones (excluding diaryl/α,β-unsaturated/α-hetero) is 1. The first-order valence-electron chi connectivity index (χ1n) is 11.7. The lowest BCUT2D eigenvalue weighted by Gasteiger charge is -2.37. The van der Waals surface area contributed by atoms with E-state index in [9.17, 15) is 13.2 Å². The molecule has 3 atom stereocenters. The zero-order chi connectivity index (χ0) is 23.3. The fourth-order valence-corrected chi connectivity index (χ4v) is 9.57. The number of nitrogens with zero attached hydrogens (tertiary/aromatic N) is 3. The molecule has 0 spiro atoms. The van der Waals surface area contributed by atoms with Crippen LogP contribution < -0.4 is 0 Å². The standard InChI is InChI=1S/C24H31N3O4S2/c1-23(2)18-10-11-24(23,20(28)13-18)16-33(29,30)27-12-6-9-19(27)22-26-25-21(32-22)15-31-14-17-7-4-3-5-8-17/h3-5,7-8,18-19H,6,9-16H2,1-2H3. The molecule has 0 amide bonds. The highest BCUT2D eigenvalue weighted by Crippen LogP contribution is 2.64. The molecule has 2 bridgehead atoms. The Labute approximate surface area is 199 Å². The smallest absolute Gasteiger partial charge is 0.215 e. The third-order valence-corrected chi connectivity index (χ3v) is 11.2. The Hall–Kier alpha value is -1.68. The lowest BCUT2D eigenvalue weighted by atomic mass is 9.70. The first-order valence-corrected chi connectivity index (χ1v) is 14.1. The number of hydrogen-bond acceptors (Lipinski definition) is 7. The van der Waals surface area contributed by atoms with E-state index in [-0.39, 0.29) is 23.0 Å². The van der Waals surface area contributed by atoms with Crippen molar-refractivity contribution in [2.24, 2.45) is 16.7 Å². The predicted molar refractivity (Wildman–Crippen MR) is 126 cm³/mol. The van der Waals surface area contributed by atoms with Crippen molar-refractivity contribution in [1.82, 2.24) is 14.5 Å². The van der Waals surface area contributed by atoms with Gasteiger partial charge in [0.05, 0.1) is 18.4 Å². The molecule has 0 radical (unpaired) electrons. The van der Waals surface area contributed by atoms with Crippen molar-refractivity contribution in [3.05, 3.63) is 45.9 Å². The largest absolute Gasteiger partial charge is 0.370 e. The van der Waals surface area contributed by atoms with Gasteiger partial charge >= 0.3 is 0 Å². The number of ether oxygens (including phenoxy) is 1. The van der Waals surface area contributed by atoms with Gasteiger partial charge in [-0.3, -0.25) is 4.79 Å². The topological polar surface area (TPSA) is 89.5 Å². The maximum Gasteiger partial charge on any atom is 0.215 e. The van der Waals surface area contributed by atoms with Crippen molar-refractivity contribution in [3.8, 4) is 0 Å². The highest BCUT2D eigenvalue weighted by molar-refractivity contribution is 7.89. The molecule has 2 aromatic rings. The summed E-state index contributed by atoms with van der Waals surface area (Å²) in [6.45, 7) is 5.48. The lowest BCUT2D eigenvalue weighted by molar-refractivity contribution is -0.128. The van der Waals surface area contributed by atoms with Gasteiger partial charge in [-0.05, 0) is 42.6 Å². The third-order valence-electron chi connectivity index (χ3n) is 8.23. The Kier molecular flexibility index (Phi) is 5.96. The molecule has 2 saturated carbocycles. The van der Waals surface area contributed by atoms with Crippen LogP contribution in [0.4, 0.5) is 0 Å². The van der Waals surface area contributed by atoms with Crippen molar-refractivity contribution >= 4 is 27.1 Å². The van der Waals surface area contributed by atoms with Gasteiger partial charge in [0.2, 0.25) is 10.0 Å². The Balaban J connectivity index is 1.28. The summed E-state index contributed by atoms with van der Waals surface area (Å²) in [5.41, 5.74) is 0.0766. The van der Waals surface area contributed by atoms with E-state index < -0.39 is 15.4 Å². The zero-order valence-corrected chi connectivity index (χ0v) is 20.8. The van der Waals surface area contributed by atoms with E-state index in [4.69, 9.17) is 4.74 Å². The average Bonchev–Trinajstić information content (AvgIpc) is 3.52. The predicted octanol–water partition coefficient (Wildman–Crippen LogP) is 4.12. The molecule has 3 fully saturated rings. The Morgan fingerprint density at radius 1 is 1.15 bits per heavy atom. The van der Waals surface area contributed by atoms with E-state index in [0.717, 1.165) is 29.8 Å². The molecule has 3 aliphatic rings. The SMILES string of the molecule is CC1(C)C2CCC1(CS(=O)(=O)N1CCCC1c1nnc(COCc3ccccc3)s1)C(=O)C2. The fourth-order valence-electron chi connectivity index (χ4n) is 6.11. The van der Waals surface area contributed by atoms with Gasteiger partial charge in [-0.2, -0.15) is 4.31 Å². The fraction of sp³-hybridized carbons (Fsp3) is 0.625. The second kappa shape index (κ2) is 8.52. The van der Waals surface area contributed by atoms with Gasteiger partial charge in [-0.25, -0.2) is 8.42 Å². The quantitative estimate of drug-likeness (QED) is 0.554. The molecule has 1 aromatic heterocycles. The molecule has 3 unspecified atom stereocenters. The molecule has 9 heteroatoms. The van der Waals surface area contributed by atoms with E-state index in [0.29, 0.717) is 43.5 Å². The van der Waals surface area contributed by atoms with Crippen LogP contribution in [0.3, 0.4) is 0 Å². The highest BCUT2D eigenvalue weighted by atomic mass is 32.2. The van der Waals surface area contributed by atoms with Crippen LogP contribution in [0.25, 0.3) is 0 Å². The van der Waals surface area contributed by atoms with Crippen LogP contribution in [-0.4, -0.2) is 41.0 Å². The van der Waals surface area contributed by atoms with Crippen molar-refractivity contribution in [3.63, 3.8) is 0 Å². The van der Waals surface area contributed by atoms with Crippen LogP contribution in [0.15, 0.2) is 30.3 Å². The maximum atomic E-state index is 13.6. The Bertz CT molecular complexity index is 1130. The molecular weight excluding hydrogens is 458 g/mol. The van der Waals surface area contributed by atoms with Gasteiger partial charge in [-0.15, -0.1) is 10.2 Å². The molecule has 2 aliphatic carbocycles. The second-order valence-corrected chi connectivity index (χ2v) is 13.2. The summed E-state index contributed by atoms with van der Waals surface area (Å²) in [5.74, 6) is 0.359. The molecule has 1 aromatic carbocycles. The number of aromatic nitrogens is 2. The van der Waals surface area contributed by atoms with Crippen LogP contribution >= 0.6 is 11.3 Å². The number of hydrogen-bond donors (Lipinski definition) is 0. The van der Waals surface area contributed by atoms with Gasteiger partial charge in [-0.1, -0.05) is 55.5 Å². The van der Waals surface area contributed by atoms with Gasteiger partial charge < -0.3 is 4.74 Å². The summed E-state index contributed by atoms with van der Waals surface area (Å²) in [7, 11) is -3.61. The summed E-state index contributed by atoms with van der Waals surface area (Å²) in [5, 5.41) is 10.0. The Morgan fingerprint density at radius 2 is 1.94 bits per heavy atom. The second-order valence-electron chi connectivity index (χ2n) is 10.2. The molecule has 1 aliphatic heterocycles. The van der Waals surface area contributed by atoms with E-state index >= 15 is 0 Å². The molecule has 0 N–H and O–H groups in total. The number of carbonyl (C=O) groups excluding carboxylic acids is 1. The van der Waals surface area contributed by atoms with E-state index in [1.165, 1.54) is 11.3 Å². The highest BCUT2D eigenvalue weighted by Gasteiger charge is 2.65. The van der Waals surface area contributed by atoms with E-state index in [1.54, 1.807) is 4.31 Å². The number of benzene rings is 1. The maximum absolute atomic E-state index is 13.6. The Morgan fingerprint density at radius 3 is 2.64 bits per heavy atom. The summed E-state index contributed by atoms with van der Waals surface area (Å²) < 4.78 is 34.6. The number of carbonyl (C=O) groups is 1. The average molecular weight is 490 g/mol. The van der Waals surface area contributed by atoms with Crippen LogP contribution in [0.1, 0.15) is 67.6 Å². The molecule has 178 valence electrons. The van der Waals surface area contributed by atoms with Crippen molar-refractivity contribution in [2.45, 2.75) is 65.2 Å². The normalized spacial score (nSPS) is 29.2. The minimum atomic E-state index is -3.61. The van der Waals surface area contributed by atoms with Crippen molar-refractivity contribution in [1.29, 1.82) is 0 Å². The summed E-state index contributed by atoms with van der Waals surface area (Å²) in [6.07, 6.45) is 3.67. The van der Waals surface area contributed by atoms with Crippen LogP contribution in [0.2, 0.25) is 0 Å². The molecule has 7 nitrogen and oxygen atoms in total. The van der Waals surface area contributed by atoms with Crippen LogP contribution in [0.5, 0.6) is 0 Å². The minimum absolute atomic E-state index is 0.0787. The van der Waals surface area contributed by atoms with Gasteiger partial charge in [0.25, 0.3) is 0 Å². The first-order chi connectivity index (χ1) is 15.7. The monoisotopic (exact) mass is 489 g/mol. The summed E-state index contributed by atoms with van der Waals surface area (Å²) in [4.78, 5) is 12.9. The molecule has 33 heavy (non-hydrogen) atoms. The number of ketones is 1. The summed E-state index contributed by atoms with van der Waals surface area (Å²) in [6, 6.07) is 9.63. The van der Waals surface area contributed by atoms with Crippen LogP contribution in [-0.2, 0) is 32.8 Å². The number of sulfonamides is 1. The van der Waals surface area contributed by atoms with E-state index in [1.807, 2.05) is 30.3 Å². The molecule has 5 rings (SSSR count). The summed E-state index contributed by atoms with van der Waals surface area (Å²) >= 11 is 1.42. The zero-order valence-electron chi connectivity index (χ0n) is 19.2. The van der Waals surface area contributed by atoms with Crippen LogP contribution in [0, 0.1) is 16.7 Å². The first kappa shape index (κ1) is 23.1. The minimum Gasteiger partial charge on any atom is -0.370 e. The van der Waals surface area contributed by atoms with Crippen molar-refractivity contribution < 1.29 is 17.9 Å². The number of rotatable bonds is 8. The van der Waals surface area contributed by atoms with Gasteiger partial charge in [0, 0.05) is 18.4 Å².